The van der Waals surface area contributed by atoms with E-state index in [1.165, 1.54) is 0 Å². The molecule has 7 nitrogen and oxygen atoms in total. The normalized spacial score (nSPS) is 19.6. The Balaban J connectivity index is 1.61. The number of nitrogens with two attached hydrogens (primary N) is 1. The summed E-state index contributed by atoms with van der Waals surface area (Å²) in [6, 6.07) is 9.37. The lowest BCUT2D eigenvalue weighted by Crippen LogP contribution is -2.43. The molecule has 3 rings (SSSR count). The van der Waals surface area contributed by atoms with E-state index < -0.39 is 0 Å². The standard InChI is InChI=1S/C16H21N5O2/c1-11-18-16(20-19-11)14-10-21(7-8-23-14)15(22)9-13(17)12-5-3-2-4-6-12/h2-6,13-14H,7-10,17H2,1H3,(H,18,19,20). The van der Waals surface area contributed by atoms with Gasteiger partial charge in [0.1, 0.15) is 11.9 Å². The van der Waals surface area contributed by atoms with Crippen molar-refractivity contribution in [3.05, 3.63) is 47.5 Å². The molecule has 2 heterocycles. The van der Waals surface area contributed by atoms with Crippen molar-refractivity contribution in [1.82, 2.24) is 20.1 Å². The van der Waals surface area contributed by atoms with E-state index in [4.69, 9.17) is 10.5 Å². The van der Waals surface area contributed by atoms with Crippen LogP contribution in [-0.4, -0.2) is 45.7 Å². The van der Waals surface area contributed by atoms with Crippen LogP contribution in [0.15, 0.2) is 30.3 Å². The van der Waals surface area contributed by atoms with Gasteiger partial charge in [-0.25, -0.2) is 4.98 Å². The van der Waals surface area contributed by atoms with E-state index in [0.717, 1.165) is 11.4 Å². The number of morpholine rings is 1. The van der Waals surface area contributed by atoms with Crippen LogP contribution in [0.4, 0.5) is 0 Å². The molecule has 1 fully saturated rings. The van der Waals surface area contributed by atoms with Gasteiger partial charge in [0, 0.05) is 19.0 Å². The average Bonchev–Trinajstić information content (AvgIpc) is 3.02. The molecule has 1 aliphatic rings. The van der Waals surface area contributed by atoms with Crippen molar-refractivity contribution in [2.24, 2.45) is 5.73 Å². The van der Waals surface area contributed by atoms with Crippen molar-refractivity contribution in [2.75, 3.05) is 19.7 Å². The molecule has 0 aliphatic carbocycles. The quantitative estimate of drug-likeness (QED) is 0.880. The number of nitrogens with one attached hydrogen (secondary N) is 1. The number of benzene rings is 1. The number of amides is 1. The van der Waals surface area contributed by atoms with Gasteiger partial charge in [-0.15, -0.1) is 0 Å². The lowest BCUT2D eigenvalue weighted by molar-refractivity contribution is -0.139. The Hall–Kier alpha value is -2.25. The molecular formula is C16H21N5O2. The predicted molar refractivity (Wildman–Crippen MR) is 84.4 cm³/mol. The fourth-order valence-electron chi connectivity index (χ4n) is 2.67. The summed E-state index contributed by atoms with van der Waals surface area (Å²) in [4.78, 5) is 18.6. The lowest BCUT2D eigenvalue weighted by atomic mass is 10.0. The molecule has 0 spiro atoms. The van der Waals surface area contributed by atoms with Gasteiger partial charge in [-0.2, -0.15) is 5.10 Å². The first-order valence-electron chi connectivity index (χ1n) is 7.72. The zero-order valence-electron chi connectivity index (χ0n) is 13.1. The molecule has 2 aromatic rings. The van der Waals surface area contributed by atoms with Gasteiger partial charge < -0.3 is 15.4 Å². The highest BCUT2D eigenvalue weighted by Gasteiger charge is 2.28. The summed E-state index contributed by atoms with van der Waals surface area (Å²) in [5.74, 6) is 1.35. The third-order valence-electron chi connectivity index (χ3n) is 3.94. The van der Waals surface area contributed by atoms with Crippen molar-refractivity contribution >= 4 is 5.91 Å². The molecule has 0 bridgehead atoms. The molecule has 1 aromatic carbocycles. The number of aromatic amines is 1. The molecule has 0 radical (unpaired) electrons. The minimum Gasteiger partial charge on any atom is -0.366 e. The molecule has 2 atom stereocenters. The fraction of sp³-hybridized carbons (Fsp3) is 0.438. The zero-order valence-corrected chi connectivity index (χ0v) is 13.1. The fourth-order valence-corrected chi connectivity index (χ4v) is 2.67. The molecule has 1 amide bonds. The number of aryl methyl sites for hydroxylation is 1. The largest absolute Gasteiger partial charge is 0.366 e. The maximum atomic E-state index is 12.5. The highest BCUT2D eigenvalue weighted by atomic mass is 16.5. The number of carbonyl (C=O) groups excluding carboxylic acids is 1. The highest BCUT2D eigenvalue weighted by molar-refractivity contribution is 5.77. The van der Waals surface area contributed by atoms with Crippen LogP contribution in [0.2, 0.25) is 0 Å². The zero-order chi connectivity index (χ0) is 16.2. The van der Waals surface area contributed by atoms with Crippen molar-refractivity contribution < 1.29 is 9.53 Å². The van der Waals surface area contributed by atoms with Crippen LogP contribution < -0.4 is 5.73 Å². The van der Waals surface area contributed by atoms with E-state index >= 15 is 0 Å². The maximum Gasteiger partial charge on any atom is 0.224 e. The second-order valence-electron chi connectivity index (χ2n) is 5.70. The molecule has 1 saturated heterocycles. The average molecular weight is 315 g/mol. The van der Waals surface area contributed by atoms with Gasteiger partial charge in [0.25, 0.3) is 0 Å². The van der Waals surface area contributed by atoms with E-state index in [9.17, 15) is 4.79 Å². The smallest absolute Gasteiger partial charge is 0.224 e. The molecule has 122 valence electrons. The third-order valence-corrected chi connectivity index (χ3v) is 3.94. The van der Waals surface area contributed by atoms with Crippen LogP contribution >= 0.6 is 0 Å². The van der Waals surface area contributed by atoms with E-state index in [0.29, 0.717) is 25.5 Å². The summed E-state index contributed by atoms with van der Waals surface area (Å²) in [5, 5.41) is 6.92. The molecule has 1 aliphatic heterocycles. The summed E-state index contributed by atoms with van der Waals surface area (Å²) in [5.41, 5.74) is 7.11. The van der Waals surface area contributed by atoms with Gasteiger partial charge in [-0.1, -0.05) is 30.3 Å². The van der Waals surface area contributed by atoms with E-state index in [2.05, 4.69) is 15.2 Å². The minimum atomic E-state index is -0.296. The first kappa shape index (κ1) is 15.6. The Kier molecular flexibility index (Phi) is 4.68. The number of rotatable bonds is 4. The number of hydrogen-bond donors (Lipinski definition) is 2. The first-order chi connectivity index (χ1) is 11.1. The summed E-state index contributed by atoms with van der Waals surface area (Å²) < 4.78 is 5.68. The lowest BCUT2D eigenvalue weighted by Gasteiger charge is -2.32. The van der Waals surface area contributed by atoms with Crippen LogP contribution in [0.3, 0.4) is 0 Å². The predicted octanol–water partition coefficient (Wildman–Crippen LogP) is 1.10. The number of hydrogen-bond acceptors (Lipinski definition) is 5. The molecule has 0 saturated carbocycles. The van der Waals surface area contributed by atoms with Crippen molar-refractivity contribution in [3.8, 4) is 0 Å². The summed E-state index contributed by atoms with van der Waals surface area (Å²) in [7, 11) is 0. The van der Waals surface area contributed by atoms with Gasteiger partial charge >= 0.3 is 0 Å². The Labute approximate surface area is 134 Å². The molecule has 1 aromatic heterocycles. The Morgan fingerprint density at radius 2 is 2.26 bits per heavy atom. The maximum absolute atomic E-state index is 12.5. The van der Waals surface area contributed by atoms with Crippen molar-refractivity contribution in [3.63, 3.8) is 0 Å². The van der Waals surface area contributed by atoms with Gasteiger partial charge in [-0.3, -0.25) is 9.89 Å². The number of ether oxygens (including phenoxy) is 1. The van der Waals surface area contributed by atoms with Gasteiger partial charge in [0.15, 0.2) is 5.82 Å². The number of H-pyrrole nitrogens is 1. The molecule has 23 heavy (non-hydrogen) atoms. The second-order valence-corrected chi connectivity index (χ2v) is 5.70. The van der Waals surface area contributed by atoms with Crippen LogP contribution in [0.1, 0.15) is 35.8 Å². The topological polar surface area (TPSA) is 97.1 Å². The van der Waals surface area contributed by atoms with Crippen LogP contribution in [0.25, 0.3) is 0 Å². The molecule has 7 heteroatoms. The van der Waals surface area contributed by atoms with Gasteiger partial charge in [0.05, 0.1) is 13.2 Å². The summed E-state index contributed by atoms with van der Waals surface area (Å²) in [6.07, 6.45) is -0.00498. The Bertz CT molecular complexity index is 658. The molecular weight excluding hydrogens is 294 g/mol. The van der Waals surface area contributed by atoms with Gasteiger partial charge in [-0.05, 0) is 12.5 Å². The second kappa shape index (κ2) is 6.89. The third kappa shape index (κ3) is 3.75. The molecule has 3 N–H and O–H groups in total. The molecule has 2 unspecified atom stereocenters. The minimum absolute atomic E-state index is 0.0295. The summed E-state index contributed by atoms with van der Waals surface area (Å²) >= 11 is 0. The monoisotopic (exact) mass is 315 g/mol. The van der Waals surface area contributed by atoms with E-state index in [-0.39, 0.29) is 24.5 Å². The highest BCUT2D eigenvalue weighted by Crippen LogP contribution is 2.21. The van der Waals surface area contributed by atoms with Crippen LogP contribution in [0.5, 0.6) is 0 Å². The Morgan fingerprint density at radius 3 is 2.96 bits per heavy atom. The van der Waals surface area contributed by atoms with Crippen molar-refractivity contribution in [2.45, 2.75) is 25.5 Å². The van der Waals surface area contributed by atoms with Gasteiger partial charge in [0.2, 0.25) is 5.91 Å². The SMILES string of the molecule is Cc1nc(C2CN(C(=O)CC(N)c3ccccc3)CCO2)n[nH]1. The van der Waals surface area contributed by atoms with Crippen LogP contribution in [0, 0.1) is 6.92 Å². The number of nitrogens with zero attached hydrogens (tertiary/aromatic N) is 3. The van der Waals surface area contributed by atoms with E-state index in [1.54, 1.807) is 4.90 Å². The van der Waals surface area contributed by atoms with E-state index in [1.807, 2.05) is 37.3 Å². The summed E-state index contributed by atoms with van der Waals surface area (Å²) in [6.45, 7) is 3.34. The number of aromatic nitrogens is 3. The first-order valence-corrected chi connectivity index (χ1v) is 7.72. The van der Waals surface area contributed by atoms with Crippen molar-refractivity contribution in [1.29, 1.82) is 0 Å². The Morgan fingerprint density at radius 1 is 1.48 bits per heavy atom. The number of carbonyl (C=O) groups is 1. The van der Waals surface area contributed by atoms with Crippen LogP contribution in [-0.2, 0) is 9.53 Å².